The topological polar surface area (TPSA) is 40.0 Å². The number of aliphatic imine (C=N–C) groups is 2. The minimum atomic E-state index is -6.69. The summed E-state index contributed by atoms with van der Waals surface area (Å²) in [6, 6.07) is 0. The zero-order chi connectivity index (χ0) is 21.0. The molecule has 4 nitrogen and oxygen atoms in total. The minimum absolute atomic E-state index is 0.148. The summed E-state index contributed by atoms with van der Waals surface area (Å²) in [5, 5.41) is -0.384. The number of amidine groups is 1. The molecular formula is C10H8F12N4. The van der Waals surface area contributed by atoms with Crippen LogP contribution >= 0.6 is 0 Å². The maximum Gasteiger partial charge on any atom is 0.436 e. The molecule has 0 saturated heterocycles. The third-order valence-corrected chi connectivity index (χ3v) is 3.06. The van der Waals surface area contributed by atoms with Crippen LogP contribution in [0.1, 0.15) is 0 Å². The van der Waals surface area contributed by atoms with E-state index in [0.717, 1.165) is 14.1 Å². The highest BCUT2D eigenvalue weighted by Gasteiger charge is 2.86. The summed E-state index contributed by atoms with van der Waals surface area (Å²) in [4.78, 5) is 4.87. The van der Waals surface area contributed by atoms with Crippen LogP contribution in [0, 0.1) is 0 Å². The van der Waals surface area contributed by atoms with Gasteiger partial charge in [0.1, 0.15) is 0 Å². The highest BCUT2D eigenvalue weighted by Crippen LogP contribution is 2.55. The van der Waals surface area contributed by atoms with Gasteiger partial charge in [-0.1, -0.05) is 0 Å². The largest absolute Gasteiger partial charge is 0.436 e. The van der Waals surface area contributed by atoms with Crippen molar-refractivity contribution in [2.75, 3.05) is 14.1 Å². The van der Waals surface area contributed by atoms with Crippen LogP contribution in [0.15, 0.2) is 9.98 Å². The van der Waals surface area contributed by atoms with E-state index in [1.165, 1.54) is 0 Å². The van der Waals surface area contributed by atoms with Gasteiger partial charge < -0.3 is 4.90 Å². The number of hydrogen-bond donors (Lipinski definition) is 1. The van der Waals surface area contributed by atoms with Crippen molar-refractivity contribution in [3.05, 3.63) is 0 Å². The summed E-state index contributed by atoms with van der Waals surface area (Å²) in [5.74, 6) is -2.78. The third-order valence-electron chi connectivity index (χ3n) is 3.06. The fourth-order valence-corrected chi connectivity index (χ4v) is 1.88. The van der Waals surface area contributed by atoms with Crippen LogP contribution < -0.4 is 5.32 Å². The first-order valence-corrected chi connectivity index (χ1v) is 6.10. The van der Waals surface area contributed by atoms with Crippen LogP contribution in [0.4, 0.5) is 52.7 Å². The van der Waals surface area contributed by atoms with Crippen LogP contribution in [-0.2, 0) is 0 Å². The Hall–Kier alpha value is -1.74. The predicted octanol–water partition coefficient (Wildman–Crippen LogP) is 3.26. The third kappa shape index (κ3) is 3.18. The molecule has 0 unspecified atom stereocenters. The lowest BCUT2D eigenvalue weighted by Crippen LogP contribution is -2.75. The van der Waals surface area contributed by atoms with Crippen molar-refractivity contribution in [3.8, 4) is 0 Å². The van der Waals surface area contributed by atoms with Crippen LogP contribution in [0.25, 0.3) is 0 Å². The molecule has 0 amide bonds. The van der Waals surface area contributed by atoms with Crippen LogP contribution in [0.5, 0.6) is 0 Å². The Morgan fingerprint density at radius 1 is 0.808 bits per heavy atom. The van der Waals surface area contributed by atoms with Crippen molar-refractivity contribution in [2.45, 2.75) is 35.9 Å². The lowest BCUT2D eigenvalue weighted by molar-refractivity contribution is -0.333. The molecule has 1 aliphatic rings. The van der Waals surface area contributed by atoms with Gasteiger partial charge in [0, 0.05) is 14.1 Å². The smallest absolute Gasteiger partial charge is 0.369 e. The average Bonchev–Trinajstić information content (AvgIpc) is 2.71. The summed E-state index contributed by atoms with van der Waals surface area (Å²) in [5.41, 5.74) is -11.7. The lowest BCUT2D eigenvalue weighted by Gasteiger charge is -2.38. The van der Waals surface area contributed by atoms with Gasteiger partial charge in [0.2, 0.25) is 0 Å². The Balaban J connectivity index is 3.92. The monoisotopic (exact) mass is 412 g/mol. The van der Waals surface area contributed by atoms with Crippen molar-refractivity contribution in [1.82, 2.24) is 10.2 Å². The molecule has 152 valence electrons. The summed E-state index contributed by atoms with van der Waals surface area (Å²) in [6.07, 6.45) is -26.6. The molecule has 0 aliphatic carbocycles. The SMILES string of the molecule is CN(C)C=NC1=NC(C(F)(F)F)(C(F)(F)F)NC1(C(F)(F)F)C(F)(F)F. The van der Waals surface area contributed by atoms with E-state index in [2.05, 4.69) is 4.99 Å². The number of halogens is 12. The normalized spacial score (nSPS) is 21.2. The number of hydrogen-bond acceptors (Lipinski definition) is 3. The quantitative estimate of drug-likeness (QED) is 0.408. The van der Waals surface area contributed by atoms with Crippen LogP contribution in [-0.4, -0.2) is 67.1 Å². The highest BCUT2D eigenvalue weighted by atomic mass is 19.4. The standard InChI is InChI=1S/C10H8F12N4/c1-26(2)3-23-4-5(7(11,12)13,8(14,15)16)25-6(24-4,9(17,18)19)10(20,21)22/h3,25H,1-2H3. The van der Waals surface area contributed by atoms with E-state index >= 15 is 0 Å². The molecule has 0 atom stereocenters. The zero-order valence-electron chi connectivity index (χ0n) is 12.5. The van der Waals surface area contributed by atoms with Gasteiger partial charge in [0.05, 0.1) is 6.34 Å². The molecule has 0 aromatic rings. The molecule has 0 saturated carbocycles. The lowest BCUT2D eigenvalue weighted by atomic mass is 9.96. The first-order chi connectivity index (χ1) is 11.2. The first kappa shape index (κ1) is 22.3. The Morgan fingerprint density at radius 2 is 1.19 bits per heavy atom. The maximum atomic E-state index is 13.1. The van der Waals surface area contributed by atoms with Gasteiger partial charge in [-0.2, -0.15) is 52.7 Å². The van der Waals surface area contributed by atoms with Crippen molar-refractivity contribution < 1.29 is 52.7 Å². The van der Waals surface area contributed by atoms with E-state index in [-0.39, 0.29) is 11.7 Å². The van der Waals surface area contributed by atoms with E-state index in [9.17, 15) is 52.7 Å². The molecule has 0 fully saturated rings. The summed E-state index contributed by atoms with van der Waals surface area (Å²) >= 11 is 0. The first-order valence-electron chi connectivity index (χ1n) is 6.10. The van der Waals surface area contributed by atoms with Gasteiger partial charge in [-0.3, -0.25) is 0 Å². The van der Waals surface area contributed by atoms with Gasteiger partial charge in [-0.25, -0.2) is 15.3 Å². The molecule has 16 heteroatoms. The average molecular weight is 412 g/mol. The molecule has 1 aliphatic heterocycles. The van der Waals surface area contributed by atoms with E-state index < -0.39 is 41.7 Å². The minimum Gasteiger partial charge on any atom is -0.369 e. The Morgan fingerprint density at radius 3 is 1.46 bits per heavy atom. The molecule has 26 heavy (non-hydrogen) atoms. The second-order valence-corrected chi connectivity index (χ2v) is 5.22. The number of alkyl halides is 12. The predicted molar refractivity (Wildman–Crippen MR) is 62.4 cm³/mol. The van der Waals surface area contributed by atoms with Crippen molar-refractivity contribution >= 4 is 12.2 Å². The van der Waals surface area contributed by atoms with Crippen molar-refractivity contribution in [2.24, 2.45) is 9.98 Å². The van der Waals surface area contributed by atoms with E-state index in [0.29, 0.717) is 4.90 Å². The zero-order valence-corrected chi connectivity index (χ0v) is 12.5. The Kier molecular flexibility index (Phi) is 5.05. The van der Waals surface area contributed by atoms with Gasteiger partial charge in [0.25, 0.3) is 5.54 Å². The molecule has 0 aromatic heterocycles. The van der Waals surface area contributed by atoms with Crippen LogP contribution in [0.3, 0.4) is 0 Å². The van der Waals surface area contributed by atoms with Gasteiger partial charge in [-0.15, -0.1) is 0 Å². The second-order valence-electron chi connectivity index (χ2n) is 5.22. The fourth-order valence-electron chi connectivity index (χ4n) is 1.88. The summed E-state index contributed by atoms with van der Waals surface area (Å²) in [7, 11) is 1.99. The van der Waals surface area contributed by atoms with E-state index in [1.54, 1.807) is 4.99 Å². The van der Waals surface area contributed by atoms with Crippen molar-refractivity contribution in [3.63, 3.8) is 0 Å². The van der Waals surface area contributed by atoms with Gasteiger partial charge in [-0.05, 0) is 0 Å². The Bertz CT molecular complexity index is 563. The van der Waals surface area contributed by atoms with Crippen LogP contribution in [0.2, 0.25) is 0 Å². The Labute approximate surface area is 136 Å². The number of nitrogens with one attached hydrogen (secondary N) is 1. The summed E-state index contributed by atoms with van der Waals surface area (Å²) < 4.78 is 156. The maximum absolute atomic E-state index is 13.1. The summed E-state index contributed by atoms with van der Waals surface area (Å²) in [6.45, 7) is 0. The molecule has 1 heterocycles. The van der Waals surface area contributed by atoms with Crippen molar-refractivity contribution in [1.29, 1.82) is 0 Å². The highest BCUT2D eigenvalue weighted by molar-refractivity contribution is 6.00. The van der Waals surface area contributed by atoms with Gasteiger partial charge >= 0.3 is 30.4 Å². The second kappa shape index (κ2) is 5.88. The molecule has 0 radical (unpaired) electrons. The molecule has 0 bridgehead atoms. The van der Waals surface area contributed by atoms with E-state index in [1.807, 2.05) is 0 Å². The molecule has 0 spiro atoms. The molecule has 1 rings (SSSR count). The molecule has 0 aromatic carbocycles. The number of nitrogens with zero attached hydrogens (tertiary/aromatic N) is 3. The fraction of sp³-hybridized carbons (Fsp3) is 0.800. The molecular weight excluding hydrogens is 404 g/mol. The van der Waals surface area contributed by atoms with E-state index in [4.69, 9.17) is 0 Å². The van der Waals surface area contributed by atoms with Gasteiger partial charge in [0.15, 0.2) is 5.84 Å². The molecule has 1 N–H and O–H groups in total. The number of rotatable bonds is 1.